The number of nitrogens with zero attached hydrogens (tertiary/aromatic N) is 1. The Morgan fingerprint density at radius 1 is 1.29 bits per heavy atom. The van der Waals surface area contributed by atoms with E-state index in [2.05, 4.69) is 6.07 Å². The molecule has 0 amide bonds. The van der Waals surface area contributed by atoms with E-state index in [0.717, 1.165) is 23.8 Å². The minimum Gasteiger partial charge on any atom is -0.298 e. The smallest absolute Gasteiger partial charge is 0.151 e. The summed E-state index contributed by atoms with van der Waals surface area (Å²) >= 11 is 0. The number of carbonyl (C=O) groups is 1. The largest absolute Gasteiger partial charge is 0.298 e. The summed E-state index contributed by atoms with van der Waals surface area (Å²) in [6, 6.07) is 9.85. The van der Waals surface area contributed by atoms with Gasteiger partial charge in [-0.1, -0.05) is 24.3 Å². The molecule has 1 aliphatic rings. The minimum atomic E-state index is 0.564. The van der Waals surface area contributed by atoms with Gasteiger partial charge in [0.25, 0.3) is 0 Å². The van der Waals surface area contributed by atoms with Gasteiger partial charge in [-0.15, -0.1) is 0 Å². The van der Waals surface area contributed by atoms with Crippen molar-refractivity contribution < 1.29 is 4.79 Å². The predicted octanol–water partition coefficient (Wildman–Crippen LogP) is 2.11. The first-order chi connectivity index (χ1) is 6.86. The maximum atomic E-state index is 10.9. The van der Waals surface area contributed by atoms with Crippen LogP contribution in [0.15, 0.2) is 29.8 Å². The molecule has 0 bridgehead atoms. The van der Waals surface area contributed by atoms with Crippen LogP contribution in [-0.4, -0.2) is 6.29 Å². The molecule has 0 saturated carbocycles. The second-order valence-corrected chi connectivity index (χ2v) is 3.28. The van der Waals surface area contributed by atoms with E-state index < -0.39 is 0 Å². The molecule has 0 heterocycles. The van der Waals surface area contributed by atoms with E-state index in [4.69, 9.17) is 5.26 Å². The second kappa shape index (κ2) is 3.47. The van der Waals surface area contributed by atoms with Gasteiger partial charge >= 0.3 is 0 Å². The van der Waals surface area contributed by atoms with E-state index in [0.29, 0.717) is 17.6 Å². The van der Waals surface area contributed by atoms with Crippen LogP contribution in [0.25, 0.3) is 5.57 Å². The fourth-order valence-electron chi connectivity index (χ4n) is 1.81. The summed E-state index contributed by atoms with van der Waals surface area (Å²) in [6.07, 6.45) is 2.33. The Bertz CT molecular complexity index is 452. The van der Waals surface area contributed by atoms with Gasteiger partial charge in [-0.05, 0) is 24.0 Å². The molecule has 0 aliphatic heterocycles. The van der Waals surface area contributed by atoms with Crippen molar-refractivity contribution in [1.29, 1.82) is 5.26 Å². The van der Waals surface area contributed by atoms with Crippen LogP contribution in [0, 0.1) is 11.3 Å². The van der Waals surface area contributed by atoms with Gasteiger partial charge in [0, 0.05) is 11.1 Å². The molecular formula is C12H9NO. The number of carbonyl (C=O) groups excluding carboxylic acids is 1. The zero-order valence-corrected chi connectivity index (χ0v) is 7.66. The Balaban J connectivity index is 2.65. The Kier molecular flexibility index (Phi) is 2.16. The van der Waals surface area contributed by atoms with Crippen molar-refractivity contribution >= 4 is 11.9 Å². The van der Waals surface area contributed by atoms with E-state index in [9.17, 15) is 4.79 Å². The van der Waals surface area contributed by atoms with E-state index in [1.54, 1.807) is 0 Å². The number of rotatable bonds is 1. The summed E-state index contributed by atoms with van der Waals surface area (Å²) in [4.78, 5) is 10.9. The molecule has 2 nitrogen and oxygen atoms in total. The van der Waals surface area contributed by atoms with Gasteiger partial charge in [-0.25, -0.2) is 0 Å². The first-order valence-corrected chi connectivity index (χ1v) is 4.53. The lowest BCUT2D eigenvalue weighted by molar-refractivity contribution is -0.103. The third kappa shape index (κ3) is 1.23. The maximum absolute atomic E-state index is 10.9. The predicted molar refractivity (Wildman–Crippen MR) is 53.4 cm³/mol. The van der Waals surface area contributed by atoms with Gasteiger partial charge in [0.1, 0.15) is 0 Å². The van der Waals surface area contributed by atoms with Gasteiger partial charge in [-0.2, -0.15) is 5.26 Å². The number of aryl methyl sites for hydroxylation is 1. The third-order valence-corrected chi connectivity index (χ3v) is 2.53. The summed E-state index contributed by atoms with van der Waals surface area (Å²) in [5.41, 5.74) is 3.26. The fraction of sp³-hybridized carbons (Fsp3) is 0.167. The molecule has 2 rings (SSSR count). The quantitative estimate of drug-likeness (QED) is 0.625. The average Bonchev–Trinajstić information content (AvgIpc) is 2.27. The first-order valence-electron chi connectivity index (χ1n) is 4.53. The molecule has 0 atom stereocenters. The molecule has 0 radical (unpaired) electrons. The summed E-state index contributed by atoms with van der Waals surface area (Å²) in [6.45, 7) is 0. The van der Waals surface area contributed by atoms with E-state index in [-0.39, 0.29) is 0 Å². The third-order valence-electron chi connectivity index (χ3n) is 2.53. The lowest BCUT2D eigenvalue weighted by Crippen LogP contribution is -2.04. The molecule has 1 aromatic rings. The minimum absolute atomic E-state index is 0.564. The number of benzene rings is 1. The molecule has 0 spiro atoms. The van der Waals surface area contributed by atoms with Crippen molar-refractivity contribution in [3.8, 4) is 6.07 Å². The molecular weight excluding hydrogens is 174 g/mol. The Labute approximate surface area is 82.5 Å². The van der Waals surface area contributed by atoms with E-state index >= 15 is 0 Å². The second-order valence-electron chi connectivity index (χ2n) is 3.28. The first kappa shape index (κ1) is 8.71. The highest BCUT2D eigenvalue weighted by Gasteiger charge is 2.17. The van der Waals surface area contributed by atoms with Crippen molar-refractivity contribution in [2.45, 2.75) is 12.8 Å². The SMILES string of the molecule is N#CC1=C(C=O)c2ccccc2CC1. The number of nitriles is 1. The number of hydrogen-bond acceptors (Lipinski definition) is 2. The molecule has 0 aromatic heterocycles. The molecule has 1 aliphatic carbocycles. The highest BCUT2D eigenvalue weighted by molar-refractivity contribution is 6.10. The van der Waals surface area contributed by atoms with Crippen LogP contribution in [0.1, 0.15) is 17.5 Å². The Hall–Kier alpha value is -1.88. The van der Waals surface area contributed by atoms with Crippen LogP contribution in [0.3, 0.4) is 0 Å². The van der Waals surface area contributed by atoms with Crippen LogP contribution >= 0.6 is 0 Å². The molecule has 2 heteroatoms. The standard InChI is InChI=1S/C12H9NO/c13-7-10-6-5-9-3-1-2-4-11(9)12(10)8-14/h1-4,8H,5-6H2. The molecule has 0 N–H and O–H groups in total. The maximum Gasteiger partial charge on any atom is 0.151 e. The highest BCUT2D eigenvalue weighted by atomic mass is 16.1. The van der Waals surface area contributed by atoms with Crippen molar-refractivity contribution in [1.82, 2.24) is 0 Å². The number of hydrogen-bond donors (Lipinski definition) is 0. The molecule has 0 fully saturated rings. The lowest BCUT2D eigenvalue weighted by atomic mass is 9.87. The molecule has 0 saturated heterocycles. The van der Waals surface area contributed by atoms with Crippen molar-refractivity contribution in [3.63, 3.8) is 0 Å². The van der Waals surface area contributed by atoms with Gasteiger partial charge in [0.2, 0.25) is 0 Å². The normalized spacial score (nSPS) is 14.5. The van der Waals surface area contributed by atoms with Crippen molar-refractivity contribution in [2.24, 2.45) is 0 Å². The Morgan fingerprint density at radius 3 is 2.79 bits per heavy atom. The van der Waals surface area contributed by atoms with Gasteiger partial charge in [0.15, 0.2) is 6.29 Å². The van der Waals surface area contributed by atoms with Crippen LogP contribution < -0.4 is 0 Å². The molecule has 0 unspecified atom stereocenters. The van der Waals surface area contributed by atoms with Crippen LogP contribution in [0.2, 0.25) is 0 Å². The van der Waals surface area contributed by atoms with Crippen molar-refractivity contribution in [2.75, 3.05) is 0 Å². The molecule has 1 aromatic carbocycles. The number of allylic oxidation sites excluding steroid dienone is 2. The zero-order chi connectivity index (χ0) is 9.97. The van der Waals surface area contributed by atoms with E-state index in [1.165, 1.54) is 0 Å². The van der Waals surface area contributed by atoms with Crippen LogP contribution in [-0.2, 0) is 11.2 Å². The molecule has 68 valence electrons. The van der Waals surface area contributed by atoms with Gasteiger partial charge < -0.3 is 0 Å². The Morgan fingerprint density at radius 2 is 2.07 bits per heavy atom. The van der Waals surface area contributed by atoms with Crippen molar-refractivity contribution in [3.05, 3.63) is 41.0 Å². The topological polar surface area (TPSA) is 40.9 Å². The highest BCUT2D eigenvalue weighted by Crippen LogP contribution is 2.29. The van der Waals surface area contributed by atoms with Gasteiger partial charge in [0.05, 0.1) is 6.07 Å². The lowest BCUT2D eigenvalue weighted by Gasteiger charge is -2.15. The number of aldehydes is 1. The fourth-order valence-corrected chi connectivity index (χ4v) is 1.81. The zero-order valence-electron chi connectivity index (χ0n) is 7.66. The van der Waals surface area contributed by atoms with Crippen LogP contribution in [0.5, 0.6) is 0 Å². The monoisotopic (exact) mass is 183 g/mol. The average molecular weight is 183 g/mol. The van der Waals surface area contributed by atoms with E-state index in [1.807, 2.05) is 24.3 Å². The summed E-state index contributed by atoms with van der Waals surface area (Å²) in [5.74, 6) is 0. The molecule has 14 heavy (non-hydrogen) atoms. The summed E-state index contributed by atoms with van der Waals surface area (Å²) in [5, 5.41) is 8.85. The van der Waals surface area contributed by atoms with Crippen LogP contribution in [0.4, 0.5) is 0 Å². The summed E-state index contributed by atoms with van der Waals surface area (Å²) in [7, 11) is 0. The van der Waals surface area contributed by atoms with Gasteiger partial charge in [-0.3, -0.25) is 4.79 Å². The number of fused-ring (bicyclic) bond motifs is 1. The summed E-state index contributed by atoms with van der Waals surface area (Å²) < 4.78 is 0.